The van der Waals surface area contributed by atoms with Crippen LogP contribution in [-0.2, 0) is 12.7 Å². The molecule has 2 bridgehead atoms. The monoisotopic (exact) mass is 302 g/mol. The quantitative estimate of drug-likeness (QED) is 0.851. The lowest BCUT2D eigenvalue weighted by molar-refractivity contribution is -0.137. The molecule has 116 valence electrons. The molecule has 1 aromatic carbocycles. The normalized spacial score (nSPS) is 29.9. The molecule has 3 atom stereocenters. The SMILES string of the molecule is NC1[C@@H]2CC[C@H]1CN(Cc1ccc(C(F)(F)F)cc1F)C2. The molecule has 1 aromatic rings. The topological polar surface area (TPSA) is 29.3 Å². The molecule has 1 aliphatic carbocycles. The molecule has 2 fully saturated rings. The van der Waals surface area contributed by atoms with Gasteiger partial charge in [-0.25, -0.2) is 4.39 Å². The molecule has 1 aliphatic heterocycles. The van der Waals surface area contributed by atoms with Gasteiger partial charge in [0.2, 0.25) is 0 Å². The molecule has 2 nitrogen and oxygen atoms in total. The lowest BCUT2D eigenvalue weighted by Gasteiger charge is -2.36. The van der Waals surface area contributed by atoms with Crippen LogP contribution in [0.3, 0.4) is 0 Å². The smallest absolute Gasteiger partial charge is 0.327 e. The minimum atomic E-state index is -4.50. The maximum Gasteiger partial charge on any atom is 0.416 e. The van der Waals surface area contributed by atoms with Crippen LogP contribution in [0.4, 0.5) is 17.6 Å². The number of alkyl halides is 3. The minimum Gasteiger partial charge on any atom is -0.327 e. The van der Waals surface area contributed by atoms with Gasteiger partial charge in [-0.1, -0.05) is 6.07 Å². The Labute approximate surface area is 120 Å². The average molecular weight is 302 g/mol. The van der Waals surface area contributed by atoms with Crippen molar-refractivity contribution in [1.82, 2.24) is 4.90 Å². The van der Waals surface area contributed by atoms with Gasteiger partial charge < -0.3 is 5.73 Å². The Morgan fingerprint density at radius 3 is 2.29 bits per heavy atom. The highest BCUT2D eigenvalue weighted by Gasteiger charge is 2.39. The zero-order chi connectivity index (χ0) is 15.2. The third kappa shape index (κ3) is 2.92. The van der Waals surface area contributed by atoms with Crippen molar-refractivity contribution in [2.75, 3.05) is 13.1 Å². The van der Waals surface area contributed by atoms with Crippen molar-refractivity contribution in [2.24, 2.45) is 17.6 Å². The second-order valence-corrected chi connectivity index (χ2v) is 6.17. The third-order valence-electron chi connectivity index (χ3n) is 4.76. The predicted octanol–water partition coefficient (Wildman–Crippen LogP) is 3.01. The maximum absolute atomic E-state index is 13.9. The summed E-state index contributed by atoms with van der Waals surface area (Å²) in [6.45, 7) is 1.96. The number of benzene rings is 1. The Morgan fingerprint density at radius 2 is 1.76 bits per heavy atom. The van der Waals surface area contributed by atoms with E-state index < -0.39 is 17.6 Å². The average Bonchev–Trinajstić information content (AvgIpc) is 2.62. The largest absolute Gasteiger partial charge is 0.416 e. The first-order chi connectivity index (χ1) is 9.84. The van der Waals surface area contributed by atoms with Gasteiger partial charge in [0, 0.05) is 31.2 Å². The fourth-order valence-corrected chi connectivity index (χ4v) is 3.58. The third-order valence-corrected chi connectivity index (χ3v) is 4.76. The summed E-state index contributed by atoms with van der Waals surface area (Å²) in [5.74, 6) is 0.0783. The summed E-state index contributed by atoms with van der Waals surface area (Å²) in [5, 5.41) is 0. The molecule has 1 unspecified atom stereocenters. The van der Waals surface area contributed by atoms with E-state index in [1.54, 1.807) is 0 Å². The van der Waals surface area contributed by atoms with Gasteiger partial charge in [0.25, 0.3) is 0 Å². The van der Waals surface area contributed by atoms with Gasteiger partial charge in [0.05, 0.1) is 5.56 Å². The van der Waals surface area contributed by atoms with Crippen LogP contribution in [0.15, 0.2) is 18.2 Å². The van der Waals surface area contributed by atoms with Crippen molar-refractivity contribution >= 4 is 0 Å². The highest BCUT2D eigenvalue weighted by atomic mass is 19.4. The highest BCUT2D eigenvalue weighted by molar-refractivity contribution is 5.26. The summed E-state index contributed by atoms with van der Waals surface area (Å²) in [6.07, 6.45) is -2.31. The van der Waals surface area contributed by atoms with Gasteiger partial charge in [0.15, 0.2) is 0 Å². The van der Waals surface area contributed by atoms with Gasteiger partial charge >= 0.3 is 6.18 Å². The van der Waals surface area contributed by atoms with E-state index >= 15 is 0 Å². The van der Waals surface area contributed by atoms with E-state index in [2.05, 4.69) is 4.90 Å². The van der Waals surface area contributed by atoms with E-state index in [4.69, 9.17) is 5.73 Å². The minimum absolute atomic E-state index is 0.221. The number of fused-ring (bicyclic) bond motifs is 2. The molecule has 0 amide bonds. The predicted molar refractivity (Wildman–Crippen MR) is 70.9 cm³/mol. The van der Waals surface area contributed by atoms with Gasteiger partial charge in [-0.15, -0.1) is 0 Å². The molecule has 0 spiro atoms. The number of nitrogens with two attached hydrogens (primary N) is 1. The van der Waals surface area contributed by atoms with E-state index in [0.717, 1.165) is 32.0 Å². The highest BCUT2D eigenvalue weighted by Crippen LogP contribution is 2.36. The number of halogens is 4. The van der Waals surface area contributed by atoms with E-state index in [1.807, 2.05) is 0 Å². The van der Waals surface area contributed by atoms with E-state index in [9.17, 15) is 17.6 Å². The molecule has 0 aromatic heterocycles. The van der Waals surface area contributed by atoms with Gasteiger partial charge in [-0.3, -0.25) is 4.90 Å². The number of piperidine rings is 1. The Kier molecular flexibility index (Phi) is 3.69. The zero-order valence-electron chi connectivity index (χ0n) is 11.5. The van der Waals surface area contributed by atoms with Crippen molar-refractivity contribution in [3.8, 4) is 0 Å². The van der Waals surface area contributed by atoms with Crippen LogP contribution in [0.1, 0.15) is 24.0 Å². The van der Waals surface area contributed by atoms with Crippen LogP contribution in [-0.4, -0.2) is 24.0 Å². The first kappa shape index (κ1) is 14.8. The van der Waals surface area contributed by atoms with Crippen LogP contribution in [0, 0.1) is 17.7 Å². The van der Waals surface area contributed by atoms with Crippen LogP contribution in [0.2, 0.25) is 0 Å². The Balaban J connectivity index is 1.71. The van der Waals surface area contributed by atoms with Crippen molar-refractivity contribution in [3.05, 3.63) is 35.1 Å². The molecule has 1 saturated carbocycles. The molecule has 6 heteroatoms. The fourth-order valence-electron chi connectivity index (χ4n) is 3.58. The fraction of sp³-hybridized carbons (Fsp3) is 0.600. The zero-order valence-corrected chi connectivity index (χ0v) is 11.5. The van der Waals surface area contributed by atoms with Crippen LogP contribution >= 0.6 is 0 Å². The van der Waals surface area contributed by atoms with Crippen molar-refractivity contribution in [3.63, 3.8) is 0 Å². The summed E-state index contributed by atoms with van der Waals surface area (Å²) in [4.78, 5) is 2.11. The van der Waals surface area contributed by atoms with Crippen molar-refractivity contribution in [2.45, 2.75) is 31.6 Å². The lowest BCUT2D eigenvalue weighted by atomic mass is 9.93. The van der Waals surface area contributed by atoms with E-state index in [1.165, 1.54) is 6.07 Å². The van der Waals surface area contributed by atoms with Gasteiger partial charge in [-0.05, 0) is 36.8 Å². The number of hydrogen-bond donors (Lipinski definition) is 1. The number of hydrogen-bond acceptors (Lipinski definition) is 2. The number of nitrogens with zero attached hydrogens (tertiary/aromatic N) is 1. The molecule has 2 aliphatic rings. The van der Waals surface area contributed by atoms with Gasteiger partial charge in [-0.2, -0.15) is 13.2 Å². The summed E-state index contributed by atoms with van der Waals surface area (Å²) in [6, 6.07) is 3.00. The molecule has 1 heterocycles. The summed E-state index contributed by atoms with van der Waals surface area (Å²) in [7, 11) is 0. The molecule has 21 heavy (non-hydrogen) atoms. The lowest BCUT2D eigenvalue weighted by Crippen LogP contribution is -2.48. The summed E-state index contributed by atoms with van der Waals surface area (Å²) in [5.41, 5.74) is 5.49. The number of likely N-dealkylation sites (tertiary alicyclic amines) is 1. The standard InChI is InChI=1S/C15H18F4N2/c16-13-5-12(15(17,18)19)4-3-9(13)6-21-7-10-1-2-11(8-21)14(10)20/h3-5,10-11,14H,1-2,6-8,20H2/t10-,11+,14?. The molecule has 2 N–H and O–H groups in total. The number of rotatable bonds is 2. The molecule has 1 saturated heterocycles. The van der Waals surface area contributed by atoms with E-state index in [0.29, 0.717) is 30.0 Å². The maximum atomic E-state index is 13.9. The summed E-state index contributed by atoms with van der Waals surface area (Å²) < 4.78 is 51.4. The second kappa shape index (κ2) is 5.25. The van der Waals surface area contributed by atoms with Crippen molar-refractivity contribution in [1.29, 1.82) is 0 Å². The summed E-state index contributed by atoms with van der Waals surface area (Å²) >= 11 is 0. The van der Waals surface area contributed by atoms with Crippen LogP contribution in [0.25, 0.3) is 0 Å². The van der Waals surface area contributed by atoms with Gasteiger partial charge in [0.1, 0.15) is 5.82 Å². The molecular weight excluding hydrogens is 284 g/mol. The van der Waals surface area contributed by atoms with Crippen LogP contribution < -0.4 is 5.73 Å². The second-order valence-electron chi connectivity index (χ2n) is 6.17. The molecule has 0 radical (unpaired) electrons. The Bertz CT molecular complexity index is 515. The Morgan fingerprint density at radius 1 is 1.14 bits per heavy atom. The molecule has 3 rings (SSSR count). The molecular formula is C15H18F4N2. The van der Waals surface area contributed by atoms with E-state index in [-0.39, 0.29) is 6.04 Å². The first-order valence-corrected chi connectivity index (χ1v) is 7.18. The van der Waals surface area contributed by atoms with Crippen molar-refractivity contribution < 1.29 is 17.6 Å². The Hall–Kier alpha value is -1.14. The van der Waals surface area contributed by atoms with Crippen LogP contribution in [0.5, 0.6) is 0 Å². The first-order valence-electron chi connectivity index (χ1n) is 7.18.